The molecule has 3 rings (SSSR count). The number of benzene rings is 1. The van der Waals surface area contributed by atoms with Gasteiger partial charge in [-0.15, -0.1) is 0 Å². The van der Waals surface area contributed by atoms with Crippen LogP contribution in [0.5, 0.6) is 0 Å². The standard InChI is InChI=1S/C17H24ClN3O4S/c18-14-3-5-15(6-4-14)26(23,24)21-8-1-2-16(21)17(22)19-7-9-20-10-12-25-13-11-20/h3-6,16H,1-2,7-13H2,(H,19,22)/p+1/t16-/m0/s1. The van der Waals surface area contributed by atoms with Crippen molar-refractivity contribution in [2.24, 2.45) is 0 Å². The number of rotatable bonds is 6. The van der Waals surface area contributed by atoms with Gasteiger partial charge in [-0.05, 0) is 37.1 Å². The number of sulfonamides is 1. The molecule has 0 bridgehead atoms. The predicted octanol–water partition coefficient (Wildman–Crippen LogP) is -0.476. The van der Waals surface area contributed by atoms with Gasteiger partial charge in [0.25, 0.3) is 0 Å². The minimum Gasteiger partial charge on any atom is -0.370 e. The zero-order valence-corrected chi connectivity index (χ0v) is 16.2. The normalized spacial score (nSPS) is 22.4. The zero-order chi connectivity index (χ0) is 18.6. The number of carbonyl (C=O) groups is 1. The second-order valence-corrected chi connectivity index (χ2v) is 8.96. The van der Waals surface area contributed by atoms with Crippen LogP contribution in [0.15, 0.2) is 29.2 Å². The lowest BCUT2D eigenvalue weighted by Crippen LogP contribution is -3.14. The van der Waals surface area contributed by atoms with Crippen molar-refractivity contribution in [3.05, 3.63) is 29.3 Å². The van der Waals surface area contributed by atoms with E-state index in [0.717, 1.165) is 32.8 Å². The van der Waals surface area contributed by atoms with E-state index in [1.54, 1.807) is 12.1 Å². The average molecular weight is 403 g/mol. The molecular formula is C17H25ClN3O4S+. The van der Waals surface area contributed by atoms with E-state index in [9.17, 15) is 13.2 Å². The number of halogens is 1. The van der Waals surface area contributed by atoms with Gasteiger partial charge < -0.3 is 15.0 Å². The topological polar surface area (TPSA) is 80.2 Å². The molecule has 0 saturated carbocycles. The van der Waals surface area contributed by atoms with Crippen LogP contribution in [-0.2, 0) is 19.6 Å². The molecule has 0 aromatic heterocycles. The molecule has 0 spiro atoms. The number of amides is 1. The summed E-state index contributed by atoms with van der Waals surface area (Å²) < 4.78 is 32.4. The van der Waals surface area contributed by atoms with Gasteiger partial charge in [-0.1, -0.05) is 11.6 Å². The summed E-state index contributed by atoms with van der Waals surface area (Å²) in [4.78, 5) is 14.1. The minimum atomic E-state index is -3.70. The highest BCUT2D eigenvalue weighted by molar-refractivity contribution is 7.89. The summed E-state index contributed by atoms with van der Waals surface area (Å²) in [6, 6.07) is 5.41. The first-order valence-electron chi connectivity index (χ1n) is 8.95. The number of hydrogen-bond donors (Lipinski definition) is 2. The second-order valence-electron chi connectivity index (χ2n) is 6.63. The van der Waals surface area contributed by atoms with Crippen molar-refractivity contribution < 1.29 is 22.8 Å². The molecule has 1 amide bonds. The molecule has 0 unspecified atom stereocenters. The van der Waals surface area contributed by atoms with Crippen LogP contribution in [0.4, 0.5) is 0 Å². The highest BCUT2D eigenvalue weighted by Crippen LogP contribution is 2.26. The van der Waals surface area contributed by atoms with Gasteiger partial charge in [0.15, 0.2) is 0 Å². The fourth-order valence-corrected chi connectivity index (χ4v) is 5.20. The number of morpholine rings is 1. The number of ether oxygens (including phenoxy) is 1. The molecule has 2 heterocycles. The lowest BCUT2D eigenvalue weighted by atomic mass is 10.2. The number of nitrogens with zero attached hydrogens (tertiary/aromatic N) is 1. The Kier molecular flexibility index (Phi) is 6.52. The van der Waals surface area contributed by atoms with E-state index in [1.807, 2.05) is 0 Å². The van der Waals surface area contributed by atoms with Crippen LogP contribution in [0, 0.1) is 0 Å². The maximum Gasteiger partial charge on any atom is 0.243 e. The summed E-state index contributed by atoms with van der Waals surface area (Å²) in [6.45, 7) is 5.10. The van der Waals surface area contributed by atoms with Crippen LogP contribution in [0.3, 0.4) is 0 Å². The largest absolute Gasteiger partial charge is 0.370 e. The summed E-state index contributed by atoms with van der Waals surface area (Å²) in [5.74, 6) is -0.215. The number of quaternary nitrogens is 1. The molecule has 0 radical (unpaired) electrons. The Balaban J connectivity index is 1.59. The lowest BCUT2D eigenvalue weighted by molar-refractivity contribution is -0.906. The molecule has 1 atom stereocenters. The van der Waals surface area contributed by atoms with Crippen molar-refractivity contribution in [2.45, 2.75) is 23.8 Å². The average Bonchev–Trinajstić information content (AvgIpc) is 3.14. The molecule has 7 nitrogen and oxygen atoms in total. The van der Waals surface area contributed by atoms with Crippen LogP contribution in [0.1, 0.15) is 12.8 Å². The molecule has 9 heteroatoms. The Morgan fingerprint density at radius 3 is 2.65 bits per heavy atom. The highest BCUT2D eigenvalue weighted by atomic mass is 35.5. The first kappa shape index (κ1) is 19.6. The van der Waals surface area contributed by atoms with Gasteiger partial charge in [-0.25, -0.2) is 8.42 Å². The van der Waals surface area contributed by atoms with Crippen LogP contribution < -0.4 is 10.2 Å². The number of hydrogen-bond acceptors (Lipinski definition) is 4. The van der Waals surface area contributed by atoms with Crippen molar-refractivity contribution >= 4 is 27.5 Å². The van der Waals surface area contributed by atoms with Crippen molar-refractivity contribution in [2.75, 3.05) is 45.9 Å². The van der Waals surface area contributed by atoms with Crippen molar-refractivity contribution in [1.29, 1.82) is 0 Å². The second kappa shape index (κ2) is 8.67. The minimum absolute atomic E-state index is 0.166. The lowest BCUT2D eigenvalue weighted by Gasteiger charge is -2.25. The Bertz CT molecular complexity index is 720. The van der Waals surface area contributed by atoms with E-state index < -0.39 is 16.1 Å². The van der Waals surface area contributed by atoms with Crippen LogP contribution in [-0.4, -0.2) is 70.6 Å². The van der Waals surface area contributed by atoms with Gasteiger partial charge in [-0.2, -0.15) is 4.31 Å². The molecule has 26 heavy (non-hydrogen) atoms. The molecular weight excluding hydrogens is 378 g/mol. The Morgan fingerprint density at radius 2 is 1.96 bits per heavy atom. The van der Waals surface area contributed by atoms with Gasteiger partial charge in [0.1, 0.15) is 19.1 Å². The van der Waals surface area contributed by atoms with Gasteiger partial charge >= 0.3 is 0 Å². The summed E-state index contributed by atoms with van der Waals surface area (Å²) in [5, 5.41) is 3.38. The summed E-state index contributed by atoms with van der Waals surface area (Å²) in [5.41, 5.74) is 0. The smallest absolute Gasteiger partial charge is 0.243 e. The quantitative estimate of drug-likeness (QED) is 0.674. The third-order valence-corrected chi connectivity index (χ3v) is 7.08. The van der Waals surface area contributed by atoms with E-state index in [-0.39, 0.29) is 10.8 Å². The van der Waals surface area contributed by atoms with Crippen molar-refractivity contribution in [3.8, 4) is 0 Å². The van der Waals surface area contributed by atoms with Crippen LogP contribution in [0.2, 0.25) is 5.02 Å². The van der Waals surface area contributed by atoms with Gasteiger partial charge in [0.05, 0.1) is 31.2 Å². The fourth-order valence-electron chi connectivity index (χ4n) is 3.42. The number of nitrogens with one attached hydrogen (secondary N) is 2. The Labute approximate surface area is 159 Å². The number of carbonyl (C=O) groups excluding carboxylic acids is 1. The molecule has 144 valence electrons. The van der Waals surface area contributed by atoms with E-state index in [2.05, 4.69) is 5.32 Å². The molecule has 2 N–H and O–H groups in total. The van der Waals surface area contributed by atoms with E-state index in [0.29, 0.717) is 31.0 Å². The molecule has 0 aliphatic carbocycles. The first-order valence-corrected chi connectivity index (χ1v) is 10.8. The predicted molar refractivity (Wildman–Crippen MR) is 97.8 cm³/mol. The van der Waals surface area contributed by atoms with E-state index >= 15 is 0 Å². The first-order chi connectivity index (χ1) is 12.5. The third kappa shape index (κ3) is 4.55. The maximum atomic E-state index is 12.9. The Morgan fingerprint density at radius 1 is 1.27 bits per heavy atom. The summed E-state index contributed by atoms with van der Waals surface area (Å²) >= 11 is 5.84. The third-order valence-electron chi connectivity index (χ3n) is 4.90. The summed E-state index contributed by atoms with van der Waals surface area (Å²) in [7, 11) is -3.70. The van der Waals surface area contributed by atoms with Crippen LogP contribution in [0.25, 0.3) is 0 Å². The van der Waals surface area contributed by atoms with Gasteiger partial charge in [0.2, 0.25) is 15.9 Å². The molecule has 2 aliphatic heterocycles. The van der Waals surface area contributed by atoms with E-state index in [1.165, 1.54) is 21.3 Å². The summed E-state index contributed by atoms with van der Waals surface area (Å²) in [6.07, 6.45) is 1.22. The fraction of sp³-hybridized carbons (Fsp3) is 0.588. The van der Waals surface area contributed by atoms with Crippen LogP contribution >= 0.6 is 11.6 Å². The Hall–Kier alpha value is -1.19. The molecule has 2 saturated heterocycles. The van der Waals surface area contributed by atoms with Gasteiger partial charge in [-0.3, -0.25) is 4.79 Å². The monoisotopic (exact) mass is 402 g/mol. The van der Waals surface area contributed by atoms with Gasteiger partial charge in [0, 0.05) is 11.6 Å². The zero-order valence-electron chi connectivity index (χ0n) is 14.6. The highest BCUT2D eigenvalue weighted by Gasteiger charge is 2.39. The van der Waals surface area contributed by atoms with Crippen molar-refractivity contribution in [3.63, 3.8) is 0 Å². The molecule has 1 aromatic carbocycles. The SMILES string of the molecule is O=C(NCC[NH+]1CCOCC1)[C@@H]1CCCN1S(=O)(=O)c1ccc(Cl)cc1. The van der Waals surface area contributed by atoms with Crippen molar-refractivity contribution in [1.82, 2.24) is 9.62 Å². The van der Waals surface area contributed by atoms with E-state index in [4.69, 9.17) is 16.3 Å². The molecule has 1 aromatic rings. The maximum absolute atomic E-state index is 12.9. The molecule has 2 aliphatic rings. The molecule has 2 fully saturated rings.